The van der Waals surface area contributed by atoms with Gasteiger partial charge in [-0.2, -0.15) is 13.2 Å². The largest absolute Gasteiger partial charge is 0.493 e. The molecule has 1 heterocycles. The molecule has 1 fully saturated rings. The molecule has 7 heteroatoms. The summed E-state index contributed by atoms with van der Waals surface area (Å²) in [6.07, 6.45) is -4.53. The SMILES string of the molecule is CC(C)COc1cccc2cc([C@H](N3CC(C)(C)C(=O)N3)C(F)(F)F)ccc12. The van der Waals surface area contributed by atoms with Crippen LogP contribution in [0.3, 0.4) is 0 Å². The van der Waals surface area contributed by atoms with E-state index in [1.54, 1.807) is 32.0 Å². The molecule has 1 aliphatic heterocycles. The van der Waals surface area contributed by atoms with Gasteiger partial charge in [-0.3, -0.25) is 10.2 Å². The minimum atomic E-state index is -4.53. The van der Waals surface area contributed by atoms with Gasteiger partial charge in [-0.25, -0.2) is 5.01 Å². The van der Waals surface area contributed by atoms with Crippen LogP contribution in [0.1, 0.15) is 39.3 Å². The highest BCUT2D eigenvalue weighted by Crippen LogP contribution is 2.41. The van der Waals surface area contributed by atoms with Crippen molar-refractivity contribution in [3.05, 3.63) is 42.0 Å². The van der Waals surface area contributed by atoms with E-state index in [1.807, 2.05) is 19.9 Å². The van der Waals surface area contributed by atoms with E-state index in [9.17, 15) is 18.0 Å². The van der Waals surface area contributed by atoms with Crippen molar-refractivity contribution in [1.29, 1.82) is 0 Å². The van der Waals surface area contributed by atoms with E-state index in [0.29, 0.717) is 23.7 Å². The van der Waals surface area contributed by atoms with E-state index in [-0.39, 0.29) is 12.1 Å². The monoisotopic (exact) mass is 394 g/mol. The highest BCUT2D eigenvalue weighted by Gasteiger charge is 2.51. The molecule has 1 atom stereocenters. The van der Waals surface area contributed by atoms with Crippen LogP contribution >= 0.6 is 0 Å². The van der Waals surface area contributed by atoms with Gasteiger partial charge in [0, 0.05) is 11.9 Å². The zero-order valence-corrected chi connectivity index (χ0v) is 16.4. The van der Waals surface area contributed by atoms with Crippen molar-refractivity contribution in [2.24, 2.45) is 11.3 Å². The maximum absolute atomic E-state index is 13.9. The number of carbonyl (C=O) groups excluding carboxylic acids is 1. The minimum Gasteiger partial charge on any atom is -0.493 e. The molecule has 0 aromatic heterocycles. The molecule has 0 unspecified atom stereocenters. The summed E-state index contributed by atoms with van der Waals surface area (Å²) in [6, 6.07) is 8.07. The lowest BCUT2D eigenvalue weighted by Gasteiger charge is -2.30. The summed E-state index contributed by atoms with van der Waals surface area (Å²) < 4.78 is 47.5. The molecule has 1 aliphatic rings. The van der Waals surface area contributed by atoms with Crippen molar-refractivity contribution in [3.63, 3.8) is 0 Å². The van der Waals surface area contributed by atoms with Crippen molar-refractivity contribution in [2.75, 3.05) is 13.2 Å². The maximum atomic E-state index is 13.9. The van der Waals surface area contributed by atoms with Crippen LogP contribution in [0.2, 0.25) is 0 Å². The van der Waals surface area contributed by atoms with Crippen LogP contribution in [0.4, 0.5) is 13.2 Å². The third kappa shape index (κ3) is 4.09. The smallest absolute Gasteiger partial charge is 0.409 e. The third-order valence-electron chi connectivity index (χ3n) is 4.80. The first kappa shape index (κ1) is 20.5. The number of amides is 1. The van der Waals surface area contributed by atoms with E-state index in [1.165, 1.54) is 12.1 Å². The second kappa shape index (κ2) is 7.28. The molecule has 0 radical (unpaired) electrons. The maximum Gasteiger partial charge on any atom is 0.409 e. The molecule has 2 aromatic carbocycles. The first-order chi connectivity index (χ1) is 13.0. The zero-order valence-electron chi connectivity index (χ0n) is 16.4. The van der Waals surface area contributed by atoms with E-state index in [0.717, 1.165) is 10.4 Å². The third-order valence-corrected chi connectivity index (χ3v) is 4.80. The fourth-order valence-electron chi connectivity index (χ4n) is 3.35. The standard InChI is InChI=1S/C21H25F3N2O2/c1-13(2)11-28-17-7-5-6-14-10-15(8-9-16(14)17)18(21(22,23)24)26-12-20(3,4)19(27)25-26/h5-10,13,18H,11-12H2,1-4H3,(H,25,27)/t18-/m0/s1. The van der Waals surface area contributed by atoms with Crippen LogP contribution in [0.25, 0.3) is 10.8 Å². The molecule has 1 amide bonds. The molecule has 152 valence electrons. The number of carbonyl (C=O) groups is 1. The summed E-state index contributed by atoms with van der Waals surface area (Å²) in [5, 5.41) is 2.42. The molecule has 2 aromatic rings. The Bertz CT molecular complexity index is 878. The molecule has 0 bridgehead atoms. The Morgan fingerprint density at radius 2 is 1.93 bits per heavy atom. The molecule has 1 N–H and O–H groups in total. The van der Waals surface area contributed by atoms with Crippen LogP contribution in [0, 0.1) is 11.3 Å². The zero-order chi connectivity index (χ0) is 20.7. The van der Waals surface area contributed by atoms with Crippen LogP contribution in [0.5, 0.6) is 5.75 Å². The van der Waals surface area contributed by atoms with Crippen LogP contribution in [-0.4, -0.2) is 30.2 Å². The summed E-state index contributed by atoms with van der Waals surface area (Å²) >= 11 is 0. The Morgan fingerprint density at radius 3 is 2.50 bits per heavy atom. The highest BCUT2D eigenvalue weighted by atomic mass is 19.4. The number of alkyl halides is 3. The number of benzene rings is 2. The van der Waals surface area contributed by atoms with Crippen molar-refractivity contribution in [1.82, 2.24) is 10.4 Å². The van der Waals surface area contributed by atoms with Gasteiger partial charge < -0.3 is 4.74 Å². The first-order valence-electron chi connectivity index (χ1n) is 9.29. The van der Waals surface area contributed by atoms with Gasteiger partial charge in [0.2, 0.25) is 5.91 Å². The van der Waals surface area contributed by atoms with Gasteiger partial charge in [0.1, 0.15) is 11.8 Å². The van der Waals surface area contributed by atoms with Crippen molar-refractivity contribution in [3.8, 4) is 5.75 Å². The van der Waals surface area contributed by atoms with Crippen LogP contribution < -0.4 is 10.2 Å². The Balaban J connectivity index is 1.99. The topological polar surface area (TPSA) is 41.6 Å². The number of fused-ring (bicyclic) bond motifs is 1. The molecular formula is C21H25F3N2O2. The summed E-state index contributed by atoms with van der Waals surface area (Å²) in [6.45, 7) is 7.83. The second-order valence-corrected chi connectivity index (χ2v) is 8.34. The lowest BCUT2D eigenvalue weighted by Crippen LogP contribution is -2.43. The van der Waals surface area contributed by atoms with Gasteiger partial charge in [-0.05, 0) is 42.8 Å². The number of rotatable bonds is 5. The van der Waals surface area contributed by atoms with Gasteiger partial charge in [0.15, 0.2) is 0 Å². The molecule has 4 nitrogen and oxygen atoms in total. The Kier molecular flexibility index (Phi) is 5.32. The number of hydrazine groups is 1. The van der Waals surface area contributed by atoms with Gasteiger partial charge in [-0.1, -0.05) is 38.1 Å². The van der Waals surface area contributed by atoms with E-state index in [4.69, 9.17) is 4.74 Å². The van der Waals surface area contributed by atoms with Crippen LogP contribution in [0.15, 0.2) is 36.4 Å². The number of nitrogens with one attached hydrogen (secondary N) is 1. The molecule has 28 heavy (non-hydrogen) atoms. The number of halogens is 3. The predicted molar refractivity (Wildman–Crippen MR) is 102 cm³/mol. The lowest BCUT2D eigenvalue weighted by atomic mass is 9.93. The average Bonchev–Trinajstić information content (AvgIpc) is 2.83. The summed E-state index contributed by atoms with van der Waals surface area (Å²) in [4.78, 5) is 12.0. The normalized spacial score (nSPS) is 18.5. The number of nitrogens with zero attached hydrogens (tertiary/aromatic N) is 1. The predicted octanol–water partition coefficient (Wildman–Crippen LogP) is 4.85. The van der Waals surface area contributed by atoms with E-state index in [2.05, 4.69) is 5.43 Å². The van der Waals surface area contributed by atoms with Gasteiger partial charge in [0.25, 0.3) is 0 Å². The molecule has 0 saturated carbocycles. The molecule has 0 spiro atoms. The summed E-state index contributed by atoms with van der Waals surface area (Å²) in [7, 11) is 0. The Morgan fingerprint density at radius 1 is 1.21 bits per heavy atom. The van der Waals surface area contributed by atoms with E-state index < -0.39 is 23.5 Å². The fraction of sp³-hybridized carbons (Fsp3) is 0.476. The number of hydrogen-bond donors (Lipinski definition) is 1. The molecule has 1 saturated heterocycles. The number of ether oxygens (including phenoxy) is 1. The fourth-order valence-corrected chi connectivity index (χ4v) is 3.35. The molecular weight excluding hydrogens is 369 g/mol. The van der Waals surface area contributed by atoms with Crippen molar-refractivity contribution >= 4 is 16.7 Å². The summed E-state index contributed by atoms with van der Waals surface area (Å²) in [5.41, 5.74) is 1.60. The highest BCUT2D eigenvalue weighted by molar-refractivity contribution is 5.89. The van der Waals surface area contributed by atoms with Gasteiger partial charge >= 0.3 is 6.18 Å². The number of hydrogen-bond acceptors (Lipinski definition) is 3. The second-order valence-electron chi connectivity index (χ2n) is 8.34. The summed E-state index contributed by atoms with van der Waals surface area (Å²) in [5.74, 6) is 0.579. The molecule has 3 rings (SSSR count). The van der Waals surface area contributed by atoms with Gasteiger partial charge in [0.05, 0.1) is 12.0 Å². The van der Waals surface area contributed by atoms with Crippen LogP contribution in [-0.2, 0) is 4.79 Å². The van der Waals surface area contributed by atoms with Gasteiger partial charge in [-0.15, -0.1) is 0 Å². The Hall–Kier alpha value is -2.28. The van der Waals surface area contributed by atoms with Crippen molar-refractivity contribution < 1.29 is 22.7 Å². The lowest BCUT2D eigenvalue weighted by molar-refractivity contribution is -0.191. The first-order valence-corrected chi connectivity index (χ1v) is 9.29. The quantitative estimate of drug-likeness (QED) is 0.788. The minimum absolute atomic E-state index is 0.0222. The van der Waals surface area contributed by atoms with Crippen molar-refractivity contribution in [2.45, 2.75) is 39.9 Å². The average molecular weight is 394 g/mol. The van der Waals surface area contributed by atoms with E-state index >= 15 is 0 Å². The Labute approximate surface area is 162 Å². The molecule has 0 aliphatic carbocycles.